The van der Waals surface area contributed by atoms with Gasteiger partial charge in [0.05, 0.1) is 0 Å². The zero-order chi connectivity index (χ0) is 15.6. The third-order valence-electron chi connectivity index (χ3n) is 3.03. The van der Waals surface area contributed by atoms with Crippen LogP contribution in [0.25, 0.3) is 0 Å². The highest BCUT2D eigenvalue weighted by Gasteiger charge is 2.16. The van der Waals surface area contributed by atoms with Crippen molar-refractivity contribution in [2.75, 3.05) is 5.73 Å². The number of nitrogens with zero attached hydrogens (tertiary/aromatic N) is 4. The molecule has 0 aliphatic rings. The van der Waals surface area contributed by atoms with E-state index in [2.05, 4.69) is 20.2 Å². The van der Waals surface area contributed by atoms with E-state index in [-0.39, 0.29) is 11.6 Å². The largest absolute Gasteiger partial charge is 0.383 e. The molecule has 21 heavy (non-hydrogen) atoms. The standard InChI is InChI=1S/C13H20N6OS/c1-5-6-19-12(20)17-18-13(19)21-11-8(4)9(14)15-10(16-11)7(2)3/h7H,5-6H2,1-4H3,(H,17,20)(H2,14,15,16). The number of nitrogen functional groups attached to an aromatic ring is 1. The van der Waals surface area contributed by atoms with E-state index in [9.17, 15) is 4.79 Å². The van der Waals surface area contributed by atoms with Gasteiger partial charge in [-0.25, -0.2) is 19.9 Å². The van der Waals surface area contributed by atoms with Crippen LogP contribution in [0.1, 0.15) is 44.5 Å². The lowest BCUT2D eigenvalue weighted by molar-refractivity contribution is 0.603. The molecule has 2 rings (SSSR count). The maximum absolute atomic E-state index is 11.7. The van der Waals surface area contributed by atoms with Crippen LogP contribution in [-0.4, -0.2) is 24.7 Å². The van der Waals surface area contributed by atoms with Crippen LogP contribution in [0.3, 0.4) is 0 Å². The second-order valence-corrected chi connectivity index (χ2v) is 6.07. The fourth-order valence-electron chi connectivity index (χ4n) is 1.78. The minimum absolute atomic E-state index is 0.185. The summed E-state index contributed by atoms with van der Waals surface area (Å²) in [5, 5.41) is 7.87. The van der Waals surface area contributed by atoms with Gasteiger partial charge in [-0.15, -0.1) is 5.10 Å². The van der Waals surface area contributed by atoms with Gasteiger partial charge in [-0.3, -0.25) is 4.57 Å². The Morgan fingerprint density at radius 3 is 2.71 bits per heavy atom. The van der Waals surface area contributed by atoms with E-state index in [0.717, 1.165) is 17.0 Å². The average molecular weight is 308 g/mol. The van der Waals surface area contributed by atoms with E-state index in [0.29, 0.717) is 23.3 Å². The van der Waals surface area contributed by atoms with Crippen molar-refractivity contribution < 1.29 is 0 Å². The number of anilines is 1. The Morgan fingerprint density at radius 2 is 2.10 bits per heavy atom. The number of nitrogens with one attached hydrogen (secondary N) is 1. The predicted molar refractivity (Wildman–Crippen MR) is 82.5 cm³/mol. The van der Waals surface area contributed by atoms with Crippen molar-refractivity contribution in [2.45, 2.75) is 56.8 Å². The van der Waals surface area contributed by atoms with Crippen LogP contribution in [0.5, 0.6) is 0 Å². The Morgan fingerprint density at radius 1 is 1.38 bits per heavy atom. The molecule has 114 valence electrons. The van der Waals surface area contributed by atoms with Gasteiger partial charge >= 0.3 is 5.69 Å². The quantitative estimate of drug-likeness (QED) is 0.818. The molecule has 0 unspecified atom stereocenters. The maximum Gasteiger partial charge on any atom is 0.343 e. The zero-order valence-electron chi connectivity index (χ0n) is 12.7. The molecule has 0 bridgehead atoms. The van der Waals surface area contributed by atoms with Gasteiger partial charge in [0.25, 0.3) is 0 Å². The van der Waals surface area contributed by atoms with Crippen molar-refractivity contribution in [1.82, 2.24) is 24.7 Å². The number of hydrogen-bond donors (Lipinski definition) is 2. The minimum atomic E-state index is -0.205. The molecule has 0 aliphatic carbocycles. The van der Waals surface area contributed by atoms with E-state index in [1.54, 1.807) is 4.57 Å². The molecule has 0 aliphatic heterocycles. The number of aromatic amines is 1. The molecule has 2 heterocycles. The first-order valence-electron chi connectivity index (χ1n) is 6.91. The van der Waals surface area contributed by atoms with Crippen molar-refractivity contribution in [3.8, 4) is 0 Å². The average Bonchev–Trinajstić information content (AvgIpc) is 2.76. The Balaban J connectivity index is 2.42. The highest BCUT2D eigenvalue weighted by Crippen LogP contribution is 2.29. The first kappa shape index (κ1) is 15.6. The number of aromatic nitrogens is 5. The molecule has 0 radical (unpaired) electrons. The van der Waals surface area contributed by atoms with E-state index >= 15 is 0 Å². The Kier molecular flexibility index (Phi) is 4.66. The Bertz CT molecular complexity index is 690. The molecular weight excluding hydrogens is 288 g/mol. The molecule has 0 fully saturated rings. The van der Waals surface area contributed by atoms with Gasteiger partial charge in [0.2, 0.25) is 0 Å². The molecule has 3 N–H and O–H groups in total. The lowest BCUT2D eigenvalue weighted by Gasteiger charge is -2.11. The van der Waals surface area contributed by atoms with Crippen LogP contribution >= 0.6 is 11.8 Å². The summed E-state index contributed by atoms with van der Waals surface area (Å²) in [6.45, 7) is 8.53. The molecule has 8 heteroatoms. The molecule has 2 aromatic rings. The maximum atomic E-state index is 11.7. The van der Waals surface area contributed by atoms with Gasteiger partial charge < -0.3 is 5.73 Å². The van der Waals surface area contributed by atoms with Gasteiger partial charge in [-0.05, 0) is 25.1 Å². The summed E-state index contributed by atoms with van der Waals surface area (Å²) in [6, 6.07) is 0. The second kappa shape index (κ2) is 6.30. The Labute approximate surface area is 127 Å². The molecule has 0 saturated carbocycles. The summed E-state index contributed by atoms with van der Waals surface area (Å²) in [5.41, 5.74) is 6.56. The number of hydrogen-bond acceptors (Lipinski definition) is 6. The normalized spacial score (nSPS) is 11.3. The number of rotatable bonds is 5. The van der Waals surface area contributed by atoms with E-state index in [1.165, 1.54) is 11.8 Å². The minimum Gasteiger partial charge on any atom is -0.383 e. The highest BCUT2D eigenvalue weighted by atomic mass is 32.2. The summed E-state index contributed by atoms with van der Waals surface area (Å²) < 4.78 is 1.61. The Hall–Kier alpha value is -1.83. The van der Waals surface area contributed by atoms with Crippen molar-refractivity contribution >= 4 is 17.6 Å². The second-order valence-electron chi connectivity index (χ2n) is 5.12. The van der Waals surface area contributed by atoms with E-state index in [1.807, 2.05) is 27.7 Å². The van der Waals surface area contributed by atoms with Crippen molar-refractivity contribution in [3.05, 3.63) is 21.9 Å². The monoisotopic (exact) mass is 308 g/mol. The van der Waals surface area contributed by atoms with Gasteiger partial charge in [0.1, 0.15) is 16.7 Å². The molecular formula is C13H20N6OS. The van der Waals surface area contributed by atoms with Gasteiger partial charge in [-0.2, -0.15) is 0 Å². The smallest absolute Gasteiger partial charge is 0.343 e. The predicted octanol–water partition coefficient (Wildman–Crippen LogP) is 1.94. The molecule has 0 amide bonds. The molecule has 0 atom stereocenters. The zero-order valence-corrected chi connectivity index (χ0v) is 13.5. The molecule has 0 spiro atoms. The summed E-state index contributed by atoms with van der Waals surface area (Å²) in [5.74, 6) is 1.35. The summed E-state index contributed by atoms with van der Waals surface area (Å²) in [6.07, 6.45) is 0.856. The van der Waals surface area contributed by atoms with Crippen molar-refractivity contribution in [1.29, 1.82) is 0 Å². The first-order chi connectivity index (χ1) is 9.93. The molecule has 7 nitrogen and oxygen atoms in total. The van der Waals surface area contributed by atoms with Crippen LogP contribution in [0.15, 0.2) is 15.0 Å². The fourth-order valence-corrected chi connectivity index (χ4v) is 2.72. The van der Waals surface area contributed by atoms with Crippen LogP contribution < -0.4 is 11.4 Å². The summed E-state index contributed by atoms with van der Waals surface area (Å²) in [4.78, 5) is 20.6. The molecule has 0 saturated heterocycles. The lowest BCUT2D eigenvalue weighted by Crippen LogP contribution is -2.17. The fraction of sp³-hybridized carbons (Fsp3) is 0.538. The van der Waals surface area contributed by atoms with Gasteiger partial charge in [0.15, 0.2) is 5.16 Å². The van der Waals surface area contributed by atoms with Crippen LogP contribution in [0, 0.1) is 6.92 Å². The van der Waals surface area contributed by atoms with Gasteiger partial charge in [0, 0.05) is 18.0 Å². The topological polar surface area (TPSA) is 102 Å². The van der Waals surface area contributed by atoms with Crippen LogP contribution in [0.2, 0.25) is 0 Å². The first-order valence-corrected chi connectivity index (χ1v) is 7.72. The lowest BCUT2D eigenvalue weighted by atomic mass is 10.2. The number of H-pyrrole nitrogens is 1. The third kappa shape index (κ3) is 3.26. The number of nitrogens with two attached hydrogens (primary N) is 1. The summed E-state index contributed by atoms with van der Waals surface area (Å²) in [7, 11) is 0. The molecule has 2 aromatic heterocycles. The SMILES string of the molecule is CCCn1c(Sc2nc(C(C)C)nc(N)c2C)n[nH]c1=O. The summed E-state index contributed by atoms with van der Waals surface area (Å²) >= 11 is 1.34. The van der Waals surface area contributed by atoms with Crippen LogP contribution in [0.4, 0.5) is 5.82 Å². The van der Waals surface area contributed by atoms with Crippen LogP contribution in [-0.2, 0) is 6.54 Å². The van der Waals surface area contributed by atoms with E-state index < -0.39 is 0 Å². The van der Waals surface area contributed by atoms with Crippen molar-refractivity contribution in [3.63, 3.8) is 0 Å². The van der Waals surface area contributed by atoms with E-state index in [4.69, 9.17) is 5.73 Å². The highest BCUT2D eigenvalue weighted by molar-refractivity contribution is 7.99. The van der Waals surface area contributed by atoms with Crippen molar-refractivity contribution in [2.24, 2.45) is 0 Å². The third-order valence-corrected chi connectivity index (χ3v) is 4.12. The molecule has 0 aromatic carbocycles. The van der Waals surface area contributed by atoms with Gasteiger partial charge in [-0.1, -0.05) is 20.8 Å².